The third-order valence-corrected chi connectivity index (χ3v) is 7.05. The Balaban J connectivity index is 1.44. The molecule has 0 aliphatic carbocycles. The number of hydrogen-bond donors (Lipinski definition) is 2. The largest absolute Gasteiger partial charge is 0.490 e. The first-order valence-electron chi connectivity index (χ1n) is 12.2. The van der Waals surface area contributed by atoms with Crippen LogP contribution in [-0.2, 0) is 9.53 Å². The van der Waals surface area contributed by atoms with Gasteiger partial charge in [-0.2, -0.15) is 13.2 Å². The van der Waals surface area contributed by atoms with Gasteiger partial charge in [-0.1, -0.05) is 23.7 Å². The summed E-state index contributed by atoms with van der Waals surface area (Å²) in [5.74, 6) is -2.70. The molecule has 2 aliphatic heterocycles. The summed E-state index contributed by atoms with van der Waals surface area (Å²) in [4.78, 5) is 40.3. The number of anilines is 1. The minimum atomic E-state index is -5.12. The molecule has 2 atom stereocenters. The number of para-hydroxylation sites is 1. The molecule has 0 unspecified atom stereocenters. The third kappa shape index (κ3) is 6.39. The van der Waals surface area contributed by atoms with Gasteiger partial charge in [-0.25, -0.2) is 4.79 Å². The molecule has 2 amide bonds. The number of esters is 1. The van der Waals surface area contributed by atoms with E-state index >= 15 is 0 Å². The molecule has 0 radical (unpaired) electrons. The smallest absolute Gasteiger partial charge is 0.452 e. The van der Waals surface area contributed by atoms with Crippen molar-refractivity contribution in [2.45, 2.75) is 37.2 Å². The van der Waals surface area contributed by atoms with Crippen LogP contribution in [0, 0.1) is 0 Å². The van der Waals surface area contributed by atoms with Crippen LogP contribution in [0.15, 0.2) is 48.5 Å². The lowest BCUT2D eigenvalue weighted by atomic mass is 10.0. The maximum atomic E-state index is 13.0. The third-order valence-electron chi connectivity index (χ3n) is 6.80. The molecule has 38 heavy (non-hydrogen) atoms. The first kappa shape index (κ1) is 27.7. The van der Waals surface area contributed by atoms with Crippen LogP contribution in [0.3, 0.4) is 0 Å². The van der Waals surface area contributed by atoms with Crippen LogP contribution in [0.5, 0.6) is 0 Å². The summed E-state index contributed by atoms with van der Waals surface area (Å²) in [5, 5.41) is 6.45. The van der Waals surface area contributed by atoms with Crippen LogP contribution in [0.2, 0.25) is 5.02 Å². The van der Waals surface area contributed by atoms with E-state index in [9.17, 15) is 27.6 Å². The van der Waals surface area contributed by atoms with Crippen molar-refractivity contribution in [3.63, 3.8) is 0 Å². The molecule has 0 bridgehead atoms. The number of nitrogens with one attached hydrogen (secondary N) is 2. The Kier molecular flexibility index (Phi) is 8.47. The molecule has 2 aromatic carbocycles. The van der Waals surface area contributed by atoms with Gasteiger partial charge in [-0.15, -0.1) is 0 Å². The number of hydrogen-bond acceptors (Lipinski definition) is 6. The molecule has 0 spiro atoms. The van der Waals surface area contributed by atoms with Crippen molar-refractivity contribution in [2.75, 3.05) is 38.1 Å². The number of rotatable bonds is 6. The molecule has 8 nitrogen and oxygen atoms in total. The first-order chi connectivity index (χ1) is 18.1. The fraction of sp³-hybridized carbons (Fsp3) is 0.423. The lowest BCUT2D eigenvalue weighted by Crippen LogP contribution is -2.52. The monoisotopic (exact) mass is 552 g/mol. The van der Waals surface area contributed by atoms with Gasteiger partial charge < -0.3 is 25.2 Å². The van der Waals surface area contributed by atoms with Crippen molar-refractivity contribution in [3.05, 3.63) is 64.7 Å². The lowest BCUT2D eigenvalue weighted by Gasteiger charge is -2.34. The first-order valence-corrected chi connectivity index (χ1v) is 12.6. The number of carbonyl (C=O) groups is 3. The zero-order valence-corrected chi connectivity index (χ0v) is 21.4. The van der Waals surface area contributed by atoms with E-state index in [2.05, 4.69) is 10.6 Å². The second-order valence-corrected chi connectivity index (χ2v) is 9.73. The number of halogens is 4. The molecular weight excluding hydrogens is 525 g/mol. The number of benzene rings is 2. The van der Waals surface area contributed by atoms with Gasteiger partial charge in [-0.3, -0.25) is 9.59 Å². The number of alkyl halides is 3. The highest BCUT2D eigenvalue weighted by atomic mass is 35.5. The van der Waals surface area contributed by atoms with E-state index in [-0.39, 0.29) is 30.9 Å². The highest BCUT2D eigenvalue weighted by Crippen LogP contribution is 2.29. The Morgan fingerprint density at radius 1 is 1.00 bits per heavy atom. The van der Waals surface area contributed by atoms with Crippen molar-refractivity contribution in [1.82, 2.24) is 15.5 Å². The number of nitrogens with zero attached hydrogens (tertiary/aromatic N) is 2. The molecule has 2 saturated heterocycles. The van der Waals surface area contributed by atoms with Gasteiger partial charge in [-0.05, 0) is 49.2 Å². The van der Waals surface area contributed by atoms with Gasteiger partial charge in [0.25, 0.3) is 11.8 Å². The standard InChI is InChI=1S/C26H28ClF3N4O4/c1-31-23(35)19-4-2-3-5-21(19)34-14-20(22(15-34)38-25(37)26(28,29)30)32-18-10-12-33(13-11-18)24(36)16-6-8-17(27)9-7-16/h2-9,18,20,22,32H,10-15H2,1H3,(H,31,35)/t20-,22-/m0/s1. The summed E-state index contributed by atoms with van der Waals surface area (Å²) >= 11 is 5.90. The second kappa shape index (κ2) is 11.6. The molecule has 2 N–H and O–H groups in total. The number of carbonyl (C=O) groups excluding carboxylic acids is 3. The Labute approximate surface area is 223 Å². The van der Waals surface area contributed by atoms with Crippen LogP contribution >= 0.6 is 11.6 Å². The van der Waals surface area contributed by atoms with Crippen molar-refractivity contribution < 1.29 is 32.3 Å². The van der Waals surface area contributed by atoms with Crippen molar-refractivity contribution >= 4 is 35.1 Å². The number of likely N-dealkylation sites (tertiary alicyclic amines) is 1. The predicted molar refractivity (Wildman–Crippen MR) is 135 cm³/mol. The fourth-order valence-corrected chi connectivity index (χ4v) is 4.98. The number of ether oxygens (including phenoxy) is 1. The summed E-state index contributed by atoms with van der Waals surface area (Å²) in [7, 11) is 1.49. The Bertz CT molecular complexity index is 1170. The zero-order chi connectivity index (χ0) is 27.4. The molecule has 2 heterocycles. The van der Waals surface area contributed by atoms with E-state index in [1.54, 1.807) is 58.3 Å². The highest BCUT2D eigenvalue weighted by molar-refractivity contribution is 6.30. The van der Waals surface area contributed by atoms with Crippen molar-refractivity contribution in [2.24, 2.45) is 0 Å². The van der Waals surface area contributed by atoms with E-state index in [0.29, 0.717) is 47.8 Å². The average Bonchev–Trinajstić information content (AvgIpc) is 3.30. The Morgan fingerprint density at radius 2 is 1.66 bits per heavy atom. The van der Waals surface area contributed by atoms with Gasteiger partial charge in [0.05, 0.1) is 18.2 Å². The molecule has 0 aromatic heterocycles. The van der Waals surface area contributed by atoms with Crippen LogP contribution in [0.25, 0.3) is 0 Å². The van der Waals surface area contributed by atoms with Gasteiger partial charge in [0, 0.05) is 49.0 Å². The summed E-state index contributed by atoms with van der Waals surface area (Å²) in [5.41, 5.74) is 1.43. The van der Waals surface area contributed by atoms with Crippen LogP contribution in [0.1, 0.15) is 33.6 Å². The molecule has 2 fully saturated rings. The van der Waals surface area contributed by atoms with Gasteiger partial charge in [0.1, 0.15) is 6.10 Å². The van der Waals surface area contributed by atoms with Gasteiger partial charge >= 0.3 is 12.1 Å². The van der Waals surface area contributed by atoms with E-state index < -0.39 is 24.3 Å². The minimum Gasteiger partial charge on any atom is -0.452 e. The van der Waals surface area contributed by atoms with Crippen LogP contribution < -0.4 is 15.5 Å². The average molecular weight is 553 g/mol. The van der Waals surface area contributed by atoms with E-state index in [1.165, 1.54) is 7.05 Å². The van der Waals surface area contributed by atoms with E-state index in [1.807, 2.05) is 0 Å². The molecular formula is C26H28ClF3N4O4. The summed E-state index contributed by atoms with van der Waals surface area (Å²) in [6, 6.07) is 12.7. The molecule has 2 aliphatic rings. The summed E-state index contributed by atoms with van der Waals surface area (Å²) in [6.45, 7) is 1.14. The van der Waals surface area contributed by atoms with Gasteiger partial charge in [0.2, 0.25) is 0 Å². The SMILES string of the molecule is CNC(=O)c1ccccc1N1C[C@H](NC2CCN(C(=O)c3ccc(Cl)cc3)CC2)[C@@H](OC(=O)C(F)(F)F)C1. The Morgan fingerprint density at radius 3 is 2.29 bits per heavy atom. The van der Waals surface area contributed by atoms with Crippen molar-refractivity contribution in [3.8, 4) is 0 Å². The van der Waals surface area contributed by atoms with Gasteiger partial charge in [0.15, 0.2) is 0 Å². The topological polar surface area (TPSA) is 91.0 Å². The normalized spacial score (nSPS) is 20.3. The van der Waals surface area contributed by atoms with Crippen LogP contribution in [-0.4, -0.2) is 80.3 Å². The number of piperidine rings is 1. The maximum Gasteiger partial charge on any atom is 0.490 e. The van der Waals surface area contributed by atoms with Crippen molar-refractivity contribution in [1.29, 1.82) is 0 Å². The summed E-state index contributed by atoms with van der Waals surface area (Å²) < 4.78 is 43.9. The quantitative estimate of drug-likeness (QED) is 0.535. The Hall–Kier alpha value is -3.31. The maximum absolute atomic E-state index is 13.0. The predicted octanol–water partition coefficient (Wildman–Crippen LogP) is 3.26. The zero-order valence-electron chi connectivity index (χ0n) is 20.6. The van der Waals surface area contributed by atoms with E-state index in [0.717, 1.165) is 0 Å². The molecule has 0 saturated carbocycles. The molecule has 4 rings (SSSR count). The highest BCUT2D eigenvalue weighted by Gasteiger charge is 2.46. The fourth-order valence-electron chi connectivity index (χ4n) is 4.86. The molecule has 2 aromatic rings. The number of amides is 2. The molecule has 204 valence electrons. The van der Waals surface area contributed by atoms with Crippen LogP contribution in [0.4, 0.5) is 18.9 Å². The lowest BCUT2D eigenvalue weighted by molar-refractivity contribution is -0.204. The molecule has 12 heteroatoms. The second-order valence-electron chi connectivity index (χ2n) is 9.29. The summed E-state index contributed by atoms with van der Waals surface area (Å²) in [6.07, 6.45) is -5.06. The van der Waals surface area contributed by atoms with E-state index in [4.69, 9.17) is 16.3 Å². The minimum absolute atomic E-state index is 0.0125.